The Labute approximate surface area is 176 Å². The summed E-state index contributed by atoms with van der Waals surface area (Å²) in [5.41, 5.74) is -0.916. The van der Waals surface area contributed by atoms with E-state index in [1.165, 1.54) is 4.90 Å². The third-order valence-electron chi connectivity index (χ3n) is 6.75. The van der Waals surface area contributed by atoms with Gasteiger partial charge in [0.25, 0.3) is 5.91 Å². The third kappa shape index (κ3) is 4.08. The molecule has 4 saturated carbocycles. The molecule has 0 saturated heterocycles. The average molecular weight is 415 g/mol. The van der Waals surface area contributed by atoms with Crippen LogP contribution in [0.15, 0.2) is 30.3 Å². The summed E-state index contributed by atoms with van der Waals surface area (Å²) in [6.45, 7) is 1.23. The standard InChI is InChI=1S/C23H29NO6/c1-2-29-20(26)13-24(18-6-4-3-5-7-18)19(25)14-30-21(27)22-9-16-8-17(10-22)12-23(28,11-16)15-22/h3-7,16-17,28H,2,8-15H2,1H3. The van der Waals surface area contributed by atoms with E-state index in [1.54, 1.807) is 31.2 Å². The lowest BCUT2D eigenvalue weighted by atomic mass is 9.48. The molecule has 0 radical (unpaired) electrons. The minimum Gasteiger partial charge on any atom is -0.465 e. The highest BCUT2D eigenvalue weighted by Gasteiger charge is 2.61. The lowest BCUT2D eigenvalue weighted by Gasteiger charge is -2.58. The number of rotatable bonds is 7. The number of carbonyl (C=O) groups is 3. The molecule has 1 N–H and O–H groups in total. The summed E-state index contributed by atoms with van der Waals surface area (Å²) in [4.78, 5) is 39.2. The van der Waals surface area contributed by atoms with Gasteiger partial charge in [-0.05, 0) is 69.4 Å². The van der Waals surface area contributed by atoms with Crippen molar-refractivity contribution in [2.45, 2.75) is 51.0 Å². The summed E-state index contributed by atoms with van der Waals surface area (Å²) in [6, 6.07) is 8.78. The van der Waals surface area contributed by atoms with E-state index in [1.807, 2.05) is 6.07 Å². The Morgan fingerprint density at radius 2 is 1.73 bits per heavy atom. The molecule has 4 aliphatic carbocycles. The lowest BCUT2D eigenvalue weighted by molar-refractivity contribution is -0.196. The van der Waals surface area contributed by atoms with E-state index in [-0.39, 0.29) is 13.2 Å². The Kier molecular flexibility index (Phi) is 5.57. The van der Waals surface area contributed by atoms with Gasteiger partial charge in [0.05, 0.1) is 17.6 Å². The smallest absolute Gasteiger partial charge is 0.326 e. The van der Waals surface area contributed by atoms with E-state index in [9.17, 15) is 19.5 Å². The molecule has 5 rings (SSSR count). The van der Waals surface area contributed by atoms with E-state index >= 15 is 0 Å². The van der Waals surface area contributed by atoms with Crippen LogP contribution < -0.4 is 4.90 Å². The Hall–Kier alpha value is -2.41. The first-order chi connectivity index (χ1) is 14.3. The van der Waals surface area contributed by atoms with Crippen molar-refractivity contribution in [1.29, 1.82) is 0 Å². The highest BCUT2D eigenvalue weighted by atomic mass is 16.5. The zero-order chi connectivity index (χ0) is 21.4. The first-order valence-electron chi connectivity index (χ1n) is 10.7. The van der Waals surface area contributed by atoms with Crippen LogP contribution in [0.2, 0.25) is 0 Å². The van der Waals surface area contributed by atoms with Crippen molar-refractivity contribution in [3.8, 4) is 0 Å². The number of carbonyl (C=O) groups excluding carboxylic acids is 3. The molecule has 162 valence electrons. The summed E-state index contributed by atoms with van der Waals surface area (Å²) in [7, 11) is 0. The van der Waals surface area contributed by atoms with Crippen LogP contribution in [0.1, 0.15) is 45.4 Å². The van der Waals surface area contributed by atoms with Gasteiger partial charge in [0.1, 0.15) is 6.54 Å². The van der Waals surface area contributed by atoms with Crippen molar-refractivity contribution < 1.29 is 29.0 Å². The van der Waals surface area contributed by atoms with Gasteiger partial charge >= 0.3 is 11.9 Å². The van der Waals surface area contributed by atoms with Crippen LogP contribution in [0.4, 0.5) is 5.69 Å². The van der Waals surface area contributed by atoms with Gasteiger partial charge in [-0.2, -0.15) is 0 Å². The van der Waals surface area contributed by atoms with Gasteiger partial charge in [-0.25, -0.2) is 0 Å². The predicted octanol–water partition coefficient (Wildman–Crippen LogP) is 2.46. The van der Waals surface area contributed by atoms with Crippen LogP contribution in [-0.4, -0.2) is 48.3 Å². The molecule has 4 fully saturated rings. The molecule has 30 heavy (non-hydrogen) atoms. The average Bonchev–Trinajstić information content (AvgIpc) is 2.69. The van der Waals surface area contributed by atoms with Crippen LogP contribution >= 0.6 is 0 Å². The summed E-state index contributed by atoms with van der Waals surface area (Å²) in [5, 5.41) is 10.8. The van der Waals surface area contributed by atoms with Crippen molar-refractivity contribution in [2.24, 2.45) is 17.3 Å². The molecule has 1 amide bonds. The predicted molar refractivity (Wildman–Crippen MR) is 108 cm³/mol. The van der Waals surface area contributed by atoms with Crippen molar-refractivity contribution >= 4 is 23.5 Å². The topological polar surface area (TPSA) is 93.1 Å². The SMILES string of the molecule is CCOC(=O)CN(C(=O)COC(=O)C12CC3CC(CC(O)(C3)C1)C2)c1ccccc1. The largest absolute Gasteiger partial charge is 0.465 e. The fourth-order valence-corrected chi connectivity index (χ4v) is 6.08. The zero-order valence-corrected chi connectivity index (χ0v) is 17.3. The zero-order valence-electron chi connectivity index (χ0n) is 17.3. The fourth-order valence-electron chi connectivity index (χ4n) is 6.08. The van der Waals surface area contributed by atoms with Crippen LogP contribution in [0.25, 0.3) is 0 Å². The second-order valence-electron chi connectivity index (χ2n) is 9.16. The van der Waals surface area contributed by atoms with Gasteiger partial charge in [-0.15, -0.1) is 0 Å². The monoisotopic (exact) mass is 415 g/mol. The molecule has 0 aliphatic heterocycles. The molecule has 0 aromatic heterocycles. The first-order valence-corrected chi connectivity index (χ1v) is 10.7. The quantitative estimate of drug-likeness (QED) is 0.688. The van der Waals surface area contributed by atoms with Gasteiger partial charge < -0.3 is 14.6 Å². The molecule has 2 unspecified atom stereocenters. The van der Waals surface area contributed by atoms with E-state index in [4.69, 9.17) is 9.47 Å². The molecular weight excluding hydrogens is 386 g/mol. The Bertz CT molecular complexity index is 808. The Morgan fingerprint density at radius 3 is 2.33 bits per heavy atom. The second kappa shape index (κ2) is 8.02. The van der Waals surface area contributed by atoms with Gasteiger partial charge in [0.15, 0.2) is 6.61 Å². The summed E-state index contributed by atoms with van der Waals surface area (Å²) < 4.78 is 10.5. The number of esters is 2. The van der Waals surface area contributed by atoms with Crippen LogP contribution in [-0.2, 0) is 23.9 Å². The first kappa shape index (κ1) is 20.8. The van der Waals surface area contributed by atoms with Crippen molar-refractivity contribution in [2.75, 3.05) is 24.7 Å². The lowest BCUT2D eigenvalue weighted by Crippen LogP contribution is -2.58. The molecule has 7 heteroatoms. The number of para-hydroxylation sites is 1. The summed E-state index contributed by atoms with van der Waals surface area (Å²) in [6.07, 6.45) is 4.47. The molecule has 4 bridgehead atoms. The molecule has 0 spiro atoms. The Balaban J connectivity index is 1.43. The number of hydrogen-bond donors (Lipinski definition) is 1. The number of aliphatic hydroxyl groups is 1. The molecule has 4 aliphatic rings. The molecule has 0 heterocycles. The normalized spacial score (nSPS) is 31.3. The van der Waals surface area contributed by atoms with Gasteiger partial charge in [-0.1, -0.05) is 18.2 Å². The van der Waals surface area contributed by atoms with E-state index in [0.29, 0.717) is 23.9 Å². The van der Waals surface area contributed by atoms with Gasteiger partial charge in [-0.3, -0.25) is 19.3 Å². The maximum Gasteiger partial charge on any atom is 0.326 e. The maximum atomic E-state index is 13.0. The molecule has 1 aromatic rings. The van der Waals surface area contributed by atoms with Crippen LogP contribution in [0, 0.1) is 17.3 Å². The second-order valence-corrected chi connectivity index (χ2v) is 9.16. The van der Waals surface area contributed by atoms with E-state index in [2.05, 4.69) is 0 Å². The highest BCUT2D eigenvalue weighted by Crippen LogP contribution is 2.61. The summed E-state index contributed by atoms with van der Waals surface area (Å²) in [5.74, 6) is -0.698. The Morgan fingerprint density at radius 1 is 1.07 bits per heavy atom. The van der Waals surface area contributed by atoms with Gasteiger partial charge in [0.2, 0.25) is 0 Å². The number of nitrogens with zero attached hydrogens (tertiary/aromatic N) is 1. The van der Waals surface area contributed by atoms with Crippen LogP contribution in [0.3, 0.4) is 0 Å². The third-order valence-corrected chi connectivity index (χ3v) is 6.75. The van der Waals surface area contributed by atoms with E-state index in [0.717, 1.165) is 32.1 Å². The molecule has 1 aromatic carbocycles. The molecule has 7 nitrogen and oxygen atoms in total. The minimum atomic E-state index is -0.771. The van der Waals surface area contributed by atoms with Crippen molar-refractivity contribution in [3.05, 3.63) is 30.3 Å². The van der Waals surface area contributed by atoms with Crippen molar-refractivity contribution in [1.82, 2.24) is 0 Å². The number of anilines is 1. The highest BCUT2D eigenvalue weighted by molar-refractivity contribution is 5.99. The van der Waals surface area contributed by atoms with E-state index < -0.39 is 35.5 Å². The minimum absolute atomic E-state index is 0.221. The number of hydrogen-bond acceptors (Lipinski definition) is 6. The fraction of sp³-hybridized carbons (Fsp3) is 0.609. The number of benzene rings is 1. The number of ether oxygens (including phenoxy) is 2. The van der Waals surface area contributed by atoms with Gasteiger partial charge in [0, 0.05) is 5.69 Å². The number of amides is 1. The van der Waals surface area contributed by atoms with Crippen LogP contribution in [0.5, 0.6) is 0 Å². The molecule has 2 atom stereocenters. The van der Waals surface area contributed by atoms with Crippen molar-refractivity contribution in [3.63, 3.8) is 0 Å². The molecular formula is C23H29NO6. The maximum absolute atomic E-state index is 13.0. The summed E-state index contributed by atoms with van der Waals surface area (Å²) >= 11 is 0.